The zero-order valence-corrected chi connectivity index (χ0v) is 16.3. The molecule has 1 aliphatic heterocycles. The highest BCUT2D eigenvalue weighted by Crippen LogP contribution is 2.39. The maximum atomic E-state index is 9.83. The summed E-state index contributed by atoms with van der Waals surface area (Å²) in [4.78, 5) is 0. The molecule has 4 N–H and O–H groups in total. The topological polar surface area (TPSA) is 118 Å². The van der Waals surface area contributed by atoms with Gasteiger partial charge in [-0.05, 0) is 42.3 Å². The smallest absolute Gasteiger partial charge is 0.190 e. The standard InChI is InChI=1S/C21H26O8/c1-12(23)18(10-22)29-20(21(24)25)14-5-8-17-16(9-14)19(28-11-27-17)13-3-6-15(26-2)7-4-13/h3-9,12,18-25H,10-11H2,1-2H3. The molecule has 29 heavy (non-hydrogen) atoms. The Bertz CT molecular complexity index is 790. The van der Waals surface area contributed by atoms with E-state index in [1.54, 1.807) is 25.3 Å². The second kappa shape index (κ2) is 9.53. The third kappa shape index (κ3) is 4.87. The lowest BCUT2D eigenvalue weighted by molar-refractivity contribution is -0.188. The Labute approximate surface area is 168 Å². The first-order valence-electron chi connectivity index (χ1n) is 9.27. The number of ether oxygens (including phenoxy) is 4. The van der Waals surface area contributed by atoms with E-state index < -0.39 is 37.3 Å². The molecule has 0 spiro atoms. The number of benzene rings is 2. The van der Waals surface area contributed by atoms with Crippen molar-refractivity contribution in [1.82, 2.24) is 0 Å². The minimum Gasteiger partial charge on any atom is -0.497 e. The minimum atomic E-state index is -1.86. The van der Waals surface area contributed by atoms with Crippen LogP contribution in [0.1, 0.15) is 35.8 Å². The molecule has 4 unspecified atom stereocenters. The van der Waals surface area contributed by atoms with Crippen LogP contribution in [-0.4, -0.2) is 59.4 Å². The van der Waals surface area contributed by atoms with E-state index in [4.69, 9.17) is 18.9 Å². The molecular formula is C21H26O8. The van der Waals surface area contributed by atoms with Crippen LogP contribution in [0.25, 0.3) is 0 Å². The Balaban J connectivity index is 1.94. The van der Waals surface area contributed by atoms with Crippen LogP contribution in [0.2, 0.25) is 0 Å². The number of aliphatic hydroxyl groups is 4. The second-order valence-electron chi connectivity index (χ2n) is 6.81. The zero-order valence-electron chi connectivity index (χ0n) is 16.3. The van der Waals surface area contributed by atoms with Gasteiger partial charge in [0.25, 0.3) is 0 Å². The van der Waals surface area contributed by atoms with Crippen molar-refractivity contribution < 1.29 is 39.4 Å². The maximum absolute atomic E-state index is 9.83. The van der Waals surface area contributed by atoms with E-state index in [0.29, 0.717) is 16.9 Å². The summed E-state index contributed by atoms with van der Waals surface area (Å²) in [6, 6.07) is 12.5. The third-order valence-electron chi connectivity index (χ3n) is 4.82. The van der Waals surface area contributed by atoms with Crippen molar-refractivity contribution in [2.24, 2.45) is 0 Å². The van der Waals surface area contributed by atoms with Gasteiger partial charge in [0.2, 0.25) is 0 Å². The predicted molar refractivity (Wildman–Crippen MR) is 102 cm³/mol. The van der Waals surface area contributed by atoms with Crippen LogP contribution >= 0.6 is 0 Å². The largest absolute Gasteiger partial charge is 0.497 e. The fourth-order valence-corrected chi connectivity index (χ4v) is 3.21. The molecular weight excluding hydrogens is 380 g/mol. The molecule has 0 radical (unpaired) electrons. The first kappa shape index (κ1) is 21.5. The van der Waals surface area contributed by atoms with Gasteiger partial charge in [-0.3, -0.25) is 0 Å². The average Bonchev–Trinajstić information content (AvgIpc) is 2.73. The van der Waals surface area contributed by atoms with E-state index in [-0.39, 0.29) is 6.79 Å². The highest BCUT2D eigenvalue weighted by molar-refractivity contribution is 5.45. The van der Waals surface area contributed by atoms with Crippen LogP contribution in [0.3, 0.4) is 0 Å². The van der Waals surface area contributed by atoms with Gasteiger partial charge in [-0.15, -0.1) is 0 Å². The van der Waals surface area contributed by atoms with Crippen molar-refractivity contribution in [1.29, 1.82) is 0 Å². The Morgan fingerprint density at radius 1 is 1.10 bits per heavy atom. The Hall–Kier alpha value is -2.20. The lowest BCUT2D eigenvalue weighted by Crippen LogP contribution is -2.35. The Morgan fingerprint density at radius 3 is 2.41 bits per heavy atom. The van der Waals surface area contributed by atoms with Crippen LogP contribution in [0.4, 0.5) is 0 Å². The predicted octanol–water partition coefficient (Wildman–Crippen LogP) is 1.26. The van der Waals surface area contributed by atoms with Gasteiger partial charge < -0.3 is 39.4 Å². The van der Waals surface area contributed by atoms with E-state index in [2.05, 4.69) is 0 Å². The molecule has 3 rings (SSSR count). The van der Waals surface area contributed by atoms with E-state index in [1.807, 2.05) is 24.3 Å². The van der Waals surface area contributed by atoms with Gasteiger partial charge in [0.1, 0.15) is 29.8 Å². The molecule has 2 aromatic rings. The quantitative estimate of drug-likeness (QED) is 0.484. The molecule has 0 amide bonds. The minimum absolute atomic E-state index is 0.0835. The van der Waals surface area contributed by atoms with Crippen molar-refractivity contribution in [2.75, 3.05) is 20.5 Å². The van der Waals surface area contributed by atoms with Crippen molar-refractivity contribution in [3.05, 3.63) is 59.2 Å². The Kier molecular flexibility index (Phi) is 7.07. The summed E-state index contributed by atoms with van der Waals surface area (Å²) in [7, 11) is 1.59. The zero-order chi connectivity index (χ0) is 21.0. The number of rotatable bonds is 8. The normalized spacial score (nSPS) is 19.2. The molecule has 0 saturated carbocycles. The molecule has 0 aliphatic carbocycles. The van der Waals surface area contributed by atoms with E-state index >= 15 is 0 Å². The van der Waals surface area contributed by atoms with Crippen LogP contribution in [0.5, 0.6) is 11.5 Å². The summed E-state index contributed by atoms with van der Waals surface area (Å²) in [6.45, 7) is 1.07. The molecule has 0 saturated heterocycles. The second-order valence-corrected chi connectivity index (χ2v) is 6.81. The lowest BCUT2D eigenvalue weighted by atomic mass is 9.96. The molecule has 2 aromatic carbocycles. The summed E-state index contributed by atoms with van der Waals surface area (Å²) >= 11 is 0. The molecule has 8 nitrogen and oxygen atoms in total. The molecule has 0 bridgehead atoms. The number of aliphatic hydroxyl groups excluding tert-OH is 3. The molecule has 4 atom stereocenters. The van der Waals surface area contributed by atoms with Gasteiger partial charge in [0, 0.05) is 5.56 Å². The highest BCUT2D eigenvalue weighted by Gasteiger charge is 2.30. The van der Waals surface area contributed by atoms with Crippen molar-refractivity contribution >= 4 is 0 Å². The van der Waals surface area contributed by atoms with Gasteiger partial charge in [0.05, 0.1) is 19.8 Å². The summed E-state index contributed by atoms with van der Waals surface area (Å²) in [5, 5.41) is 38.8. The van der Waals surface area contributed by atoms with Gasteiger partial charge in [0.15, 0.2) is 13.1 Å². The van der Waals surface area contributed by atoms with Crippen LogP contribution < -0.4 is 9.47 Å². The van der Waals surface area contributed by atoms with Gasteiger partial charge >= 0.3 is 0 Å². The molecule has 1 aliphatic rings. The monoisotopic (exact) mass is 406 g/mol. The highest BCUT2D eigenvalue weighted by atomic mass is 16.7. The van der Waals surface area contributed by atoms with E-state index in [1.165, 1.54) is 6.92 Å². The molecule has 0 aromatic heterocycles. The Morgan fingerprint density at radius 2 is 1.83 bits per heavy atom. The number of methoxy groups -OCH3 is 1. The number of hydrogen-bond acceptors (Lipinski definition) is 8. The average molecular weight is 406 g/mol. The van der Waals surface area contributed by atoms with Gasteiger partial charge in [-0.2, -0.15) is 0 Å². The van der Waals surface area contributed by atoms with Crippen molar-refractivity contribution in [3.8, 4) is 11.5 Å². The fourth-order valence-electron chi connectivity index (χ4n) is 3.21. The van der Waals surface area contributed by atoms with Crippen molar-refractivity contribution in [3.63, 3.8) is 0 Å². The summed E-state index contributed by atoms with van der Waals surface area (Å²) < 4.78 is 22.1. The van der Waals surface area contributed by atoms with Crippen molar-refractivity contribution in [2.45, 2.75) is 37.6 Å². The number of fused-ring (bicyclic) bond motifs is 1. The SMILES string of the molecule is COc1ccc(C2OCOc3ccc(C(OC(CO)C(C)O)C(O)O)cc32)cc1. The first-order valence-corrected chi connectivity index (χ1v) is 9.27. The fraction of sp³-hybridized carbons (Fsp3) is 0.429. The lowest BCUT2D eigenvalue weighted by Gasteiger charge is -2.30. The summed E-state index contributed by atoms with van der Waals surface area (Å²) in [5.41, 5.74) is 2.03. The van der Waals surface area contributed by atoms with Gasteiger partial charge in [-0.25, -0.2) is 0 Å². The maximum Gasteiger partial charge on any atom is 0.190 e. The third-order valence-corrected chi connectivity index (χ3v) is 4.82. The van der Waals surface area contributed by atoms with Crippen LogP contribution in [0.15, 0.2) is 42.5 Å². The molecule has 0 fully saturated rings. The number of hydrogen-bond donors (Lipinski definition) is 4. The first-order chi connectivity index (χ1) is 13.9. The molecule has 8 heteroatoms. The van der Waals surface area contributed by atoms with E-state index in [0.717, 1.165) is 11.3 Å². The van der Waals surface area contributed by atoms with Gasteiger partial charge in [-0.1, -0.05) is 18.2 Å². The molecule has 1 heterocycles. The van der Waals surface area contributed by atoms with Crippen LogP contribution in [0, 0.1) is 0 Å². The summed E-state index contributed by atoms with van der Waals surface area (Å²) in [5.74, 6) is 1.33. The summed E-state index contributed by atoms with van der Waals surface area (Å²) in [6.07, 6.45) is -5.41. The molecule has 158 valence electrons. The van der Waals surface area contributed by atoms with E-state index in [9.17, 15) is 20.4 Å². The van der Waals surface area contributed by atoms with Crippen LogP contribution in [-0.2, 0) is 9.47 Å².